The maximum absolute atomic E-state index is 13.1. The van der Waals surface area contributed by atoms with Crippen LogP contribution in [0.3, 0.4) is 0 Å². The van der Waals surface area contributed by atoms with Gasteiger partial charge in [0.15, 0.2) is 5.13 Å². The molecule has 0 spiro atoms. The average molecular weight is 497 g/mol. The molecule has 0 saturated heterocycles. The number of likely N-dealkylation sites (N-methyl/N-ethyl adjacent to an activating group) is 1. The fourth-order valence-electron chi connectivity index (χ4n) is 3.01. The highest BCUT2D eigenvalue weighted by molar-refractivity contribution is 7.15. The van der Waals surface area contributed by atoms with Crippen LogP contribution in [0.2, 0.25) is 5.02 Å². The minimum atomic E-state index is -4.59. The number of aromatic nitrogens is 1. The van der Waals surface area contributed by atoms with Gasteiger partial charge in [-0.3, -0.25) is 14.5 Å². The number of anilines is 2. The summed E-state index contributed by atoms with van der Waals surface area (Å²) in [5.74, 6) is -1.07. The number of amides is 2. The van der Waals surface area contributed by atoms with E-state index in [1.807, 2.05) is 18.2 Å². The number of carbonyl (C=O) groups excluding carboxylic acids is 2. The van der Waals surface area contributed by atoms with Gasteiger partial charge >= 0.3 is 6.18 Å². The van der Waals surface area contributed by atoms with Gasteiger partial charge in [0.05, 0.1) is 24.3 Å². The van der Waals surface area contributed by atoms with Gasteiger partial charge in [-0.15, -0.1) is 11.3 Å². The zero-order valence-corrected chi connectivity index (χ0v) is 19.0. The van der Waals surface area contributed by atoms with Crippen LogP contribution in [0.25, 0.3) is 0 Å². The van der Waals surface area contributed by atoms with Crippen LogP contribution in [-0.4, -0.2) is 41.8 Å². The molecule has 1 heterocycles. The van der Waals surface area contributed by atoms with Gasteiger partial charge in [0.1, 0.15) is 0 Å². The van der Waals surface area contributed by atoms with Gasteiger partial charge in [-0.1, -0.05) is 41.9 Å². The van der Waals surface area contributed by atoms with Crippen molar-refractivity contribution >= 4 is 45.6 Å². The summed E-state index contributed by atoms with van der Waals surface area (Å²) < 4.78 is 39.2. The molecule has 0 radical (unpaired) electrons. The number of alkyl halides is 3. The number of hydrogen-bond donors (Lipinski definition) is 2. The van der Waals surface area contributed by atoms with E-state index in [1.165, 1.54) is 41.5 Å². The monoisotopic (exact) mass is 496 g/mol. The number of para-hydroxylation sites is 1. The second kappa shape index (κ2) is 10.8. The number of hydrogen-bond acceptors (Lipinski definition) is 5. The van der Waals surface area contributed by atoms with Crippen molar-refractivity contribution in [2.75, 3.05) is 30.8 Å². The minimum Gasteiger partial charge on any atom is -0.324 e. The Labute approximate surface area is 197 Å². The zero-order chi connectivity index (χ0) is 24.0. The Hall–Kier alpha value is -2.95. The van der Waals surface area contributed by atoms with Crippen molar-refractivity contribution < 1.29 is 22.8 Å². The van der Waals surface area contributed by atoms with Gasteiger partial charge in [-0.2, -0.15) is 13.2 Å². The minimum absolute atomic E-state index is 0.145. The highest BCUT2D eigenvalue weighted by Crippen LogP contribution is 2.34. The lowest BCUT2D eigenvalue weighted by Gasteiger charge is -2.17. The van der Waals surface area contributed by atoms with Crippen molar-refractivity contribution in [2.24, 2.45) is 0 Å². The summed E-state index contributed by atoms with van der Waals surface area (Å²) in [7, 11) is 1.51. The third-order valence-corrected chi connectivity index (χ3v) is 5.74. The van der Waals surface area contributed by atoms with E-state index in [4.69, 9.17) is 11.6 Å². The number of rotatable bonds is 8. The molecule has 0 aliphatic rings. The van der Waals surface area contributed by atoms with E-state index in [9.17, 15) is 22.8 Å². The summed E-state index contributed by atoms with van der Waals surface area (Å²) in [6, 6.07) is 12.1. The molecular weight excluding hydrogens is 477 g/mol. The molecule has 0 atom stereocenters. The number of nitrogens with one attached hydrogen (secondary N) is 2. The number of benzene rings is 2. The molecule has 2 N–H and O–H groups in total. The van der Waals surface area contributed by atoms with Gasteiger partial charge in [-0.05, 0) is 30.8 Å². The number of halogens is 4. The van der Waals surface area contributed by atoms with Crippen LogP contribution >= 0.6 is 22.9 Å². The maximum Gasteiger partial charge on any atom is 0.418 e. The summed E-state index contributed by atoms with van der Waals surface area (Å²) in [5.41, 5.74) is -0.324. The fourth-order valence-corrected chi connectivity index (χ4v) is 4.06. The van der Waals surface area contributed by atoms with Crippen LogP contribution in [-0.2, 0) is 22.2 Å². The van der Waals surface area contributed by atoms with Crippen molar-refractivity contribution in [3.63, 3.8) is 0 Å². The maximum atomic E-state index is 13.1. The van der Waals surface area contributed by atoms with E-state index < -0.39 is 23.6 Å². The van der Waals surface area contributed by atoms with Gasteiger partial charge in [0, 0.05) is 22.5 Å². The van der Waals surface area contributed by atoms with Crippen LogP contribution in [0.4, 0.5) is 24.0 Å². The number of thiazole rings is 1. The molecule has 11 heteroatoms. The second-order valence-electron chi connectivity index (χ2n) is 7.21. The van der Waals surface area contributed by atoms with E-state index in [0.717, 1.165) is 16.5 Å². The quantitative estimate of drug-likeness (QED) is 0.464. The molecule has 0 saturated carbocycles. The van der Waals surface area contributed by atoms with Crippen molar-refractivity contribution in [1.29, 1.82) is 0 Å². The van der Waals surface area contributed by atoms with Crippen LogP contribution in [0.5, 0.6) is 0 Å². The first-order valence-corrected chi connectivity index (χ1v) is 10.9. The van der Waals surface area contributed by atoms with E-state index >= 15 is 0 Å². The predicted octanol–water partition coefficient (Wildman–Crippen LogP) is 4.92. The SMILES string of the molecule is CN(CC(=O)Nc1ncc(Cc2ccccc2Cl)s1)CC(=O)Nc1ccccc1C(F)(F)F. The first kappa shape index (κ1) is 24.7. The van der Waals surface area contributed by atoms with Gasteiger partial charge in [-0.25, -0.2) is 4.98 Å². The van der Waals surface area contributed by atoms with E-state index in [1.54, 1.807) is 12.3 Å². The summed E-state index contributed by atoms with van der Waals surface area (Å²) >= 11 is 7.47. The van der Waals surface area contributed by atoms with Crippen LogP contribution in [0, 0.1) is 0 Å². The molecule has 0 aliphatic carbocycles. The van der Waals surface area contributed by atoms with Crippen LogP contribution < -0.4 is 10.6 Å². The molecule has 0 aliphatic heterocycles. The summed E-state index contributed by atoms with van der Waals surface area (Å²) in [4.78, 5) is 30.9. The standard InChI is InChI=1S/C22H20ClF3N4O2S/c1-30(12-19(31)28-18-9-5-3-7-16(18)22(24,25)26)13-20(32)29-21-27-11-15(33-21)10-14-6-2-4-8-17(14)23/h2-9,11H,10,12-13H2,1H3,(H,28,31)(H,27,29,32). The Morgan fingerprint density at radius 1 is 1.03 bits per heavy atom. The van der Waals surface area contributed by atoms with E-state index in [0.29, 0.717) is 16.6 Å². The smallest absolute Gasteiger partial charge is 0.324 e. The average Bonchev–Trinajstić information content (AvgIpc) is 3.15. The van der Waals surface area contributed by atoms with Gasteiger partial charge in [0.25, 0.3) is 0 Å². The molecule has 0 unspecified atom stereocenters. The highest BCUT2D eigenvalue weighted by Gasteiger charge is 2.33. The second-order valence-corrected chi connectivity index (χ2v) is 8.73. The Balaban J connectivity index is 1.50. The third-order valence-electron chi connectivity index (χ3n) is 4.46. The zero-order valence-electron chi connectivity index (χ0n) is 17.4. The molecule has 0 bridgehead atoms. The highest BCUT2D eigenvalue weighted by atomic mass is 35.5. The first-order valence-electron chi connectivity index (χ1n) is 9.74. The molecule has 0 fully saturated rings. The first-order chi connectivity index (χ1) is 15.6. The molecule has 3 rings (SSSR count). The number of nitrogens with zero attached hydrogens (tertiary/aromatic N) is 2. The Kier molecular flexibility index (Phi) is 8.06. The summed E-state index contributed by atoms with van der Waals surface area (Å²) in [5, 5.41) is 5.96. The molecule has 6 nitrogen and oxygen atoms in total. The largest absolute Gasteiger partial charge is 0.418 e. The topological polar surface area (TPSA) is 74.3 Å². The number of carbonyl (C=O) groups is 2. The van der Waals surface area contributed by atoms with Crippen LogP contribution in [0.15, 0.2) is 54.7 Å². The Morgan fingerprint density at radius 2 is 1.67 bits per heavy atom. The lowest BCUT2D eigenvalue weighted by Crippen LogP contribution is -2.36. The molecule has 174 valence electrons. The third kappa shape index (κ3) is 7.28. The lowest BCUT2D eigenvalue weighted by atomic mass is 10.1. The fraction of sp³-hybridized carbons (Fsp3) is 0.227. The van der Waals surface area contributed by atoms with E-state index in [-0.39, 0.29) is 18.8 Å². The van der Waals surface area contributed by atoms with Gasteiger partial charge in [0.2, 0.25) is 11.8 Å². The van der Waals surface area contributed by atoms with Gasteiger partial charge < -0.3 is 10.6 Å². The van der Waals surface area contributed by atoms with Crippen molar-refractivity contribution in [3.8, 4) is 0 Å². The molecular formula is C22H20ClF3N4O2S. The molecule has 2 aromatic carbocycles. The Bertz CT molecular complexity index is 1140. The molecule has 2 amide bonds. The Morgan fingerprint density at radius 3 is 2.36 bits per heavy atom. The summed E-state index contributed by atoms with van der Waals surface area (Å²) in [6.07, 6.45) is -2.36. The molecule has 33 heavy (non-hydrogen) atoms. The van der Waals surface area contributed by atoms with E-state index in [2.05, 4.69) is 15.6 Å². The predicted molar refractivity (Wildman–Crippen MR) is 123 cm³/mol. The summed E-state index contributed by atoms with van der Waals surface area (Å²) in [6.45, 7) is -0.414. The molecule has 1 aromatic heterocycles. The lowest BCUT2D eigenvalue weighted by molar-refractivity contribution is -0.137. The van der Waals surface area contributed by atoms with Crippen molar-refractivity contribution in [1.82, 2.24) is 9.88 Å². The van der Waals surface area contributed by atoms with Crippen LogP contribution in [0.1, 0.15) is 16.0 Å². The normalized spacial score (nSPS) is 11.5. The molecule has 3 aromatic rings. The van der Waals surface area contributed by atoms with Crippen molar-refractivity contribution in [2.45, 2.75) is 12.6 Å². The van der Waals surface area contributed by atoms with Crippen molar-refractivity contribution in [3.05, 3.63) is 75.8 Å².